The van der Waals surface area contributed by atoms with E-state index in [0.717, 1.165) is 11.8 Å². The maximum absolute atomic E-state index is 4.19. The lowest BCUT2D eigenvalue weighted by Gasteiger charge is -2.33. The summed E-state index contributed by atoms with van der Waals surface area (Å²) in [5.41, 5.74) is 3.38. The van der Waals surface area contributed by atoms with Gasteiger partial charge >= 0.3 is 0 Å². The van der Waals surface area contributed by atoms with Gasteiger partial charge in [-0.3, -0.25) is 0 Å². The summed E-state index contributed by atoms with van der Waals surface area (Å²) >= 11 is 8.01. The molecule has 0 atom stereocenters. The van der Waals surface area contributed by atoms with Crippen LogP contribution in [0.5, 0.6) is 0 Å². The van der Waals surface area contributed by atoms with Crippen molar-refractivity contribution in [3.8, 4) is 0 Å². The molecule has 154 valence electrons. The van der Waals surface area contributed by atoms with Crippen molar-refractivity contribution in [3.05, 3.63) is 56.5 Å². The molecular formula is C28H28Br2. The molecule has 0 heterocycles. The van der Waals surface area contributed by atoms with E-state index in [1.165, 1.54) is 105 Å². The van der Waals surface area contributed by atoms with Crippen LogP contribution in [-0.4, -0.2) is 0 Å². The molecule has 0 N–H and O–H groups in total. The Morgan fingerprint density at radius 3 is 1.80 bits per heavy atom. The van der Waals surface area contributed by atoms with Crippen molar-refractivity contribution in [2.75, 3.05) is 0 Å². The van der Waals surface area contributed by atoms with E-state index in [1.54, 1.807) is 11.1 Å². The third-order valence-electron chi connectivity index (χ3n) is 7.94. The van der Waals surface area contributed by atoms with Crippen LogP contribution in [0.15, 0.2) is 45.3 Å². The summed E-state index contributed by atoms with van der Waals surface area (Å²) in [4.78, 5) is 0. The van der Waals surface area contributed by atoms with Gasteiger partial charge < -0.3 is 0 Å². The van der Waals surface area contributed by atoms with Crippen molar-refractivity contribution in [3.63, 3.8) is 0 Å². The quantitative estimate of drug-likeness (QED) is 0.229. The lowest BCUT2D eigenvalue weighted by molar-refractivity contribution is 0.420. The SMILES string of the molecule is Brc1ccc2ccc3c(Br)c(C4CCCCC4)c(C4CCCCC4)c4ccc1c2c34. The van der Waals surface area contributed by atoms with E-state index in [-0.39, 0.29) is 0 Å². The summed E-state index contributed by atoms with van der Waals surface area (Å²) in [5, 5.41) is 8.58. The molecule has 4 aromatic carbocycles. The van der Waals surface area contributed by atoms with E-state index in [1.807, 2.05) is 0 Å². The van der Waals surface area contributed by atoms with Crippen LogP contribution in [0.2, 0.25) is 0 Å². The van der Waals surface area contributed by atoms with Crippen LogP contribution >= 0.6 is 31.9 Å². The summed E-state index contributed by atoms with van der Waals surface area (Å²) in [6, 6.07) is 14.0. The largest absolute Gasteiger partial charge is 0.0537 e. The first-order valence-corrected chi connectivity index (χ1v) is 13.4. The number of hydrogen-bond acceptors (Lipinski definition) is 0. The van der Waals surface area contributed by atoms with Gasteiger partial charge in [-0.25, -0.2) is 0 Å². The Labute approximate surface area is 196 Å². The van der Waals surface area contributed by atoms with E-state index >= 15 is 0 Å². The molecule has 0 amide bonds. The summed E-state index contributed by atoms with van der Waals surface area (Å²) in [6.45, 7) is 0. The third kappa shape index (κ3) is 2.97. The Morgan fingerprint density at radius 2 is 1.10 bits per heavy atom. The first-order valence-electron chi connectivity index (χ1n) is 11.8. The van der Waals surface area contributed by atoms with Crippen molar-refractivity contribution in [2.45, 2.75) is 76.0 Å². The molecule has 2 aliphatic rings. The summed E-state index contributed by atoms with van der Waals surface area (Å²) in [7, 11) is 0. The highest BCUT2D eigenvalue weighted by atomic mass is 79.9. The van der Waals surface area contributed by atoms with Gasteiger partial charge in [-0.1, -0.05) is 84.8 Å². The fourth-order valence-electron chi connectivity index (χ4n) is 6.55. The van der Waals surface area contributed by atoms with Gasteiger partial charge in [0, 0.05) is 8.95 Å². The maximum atomic E-state index is 4.19. The fourth-order valence-corrected chi connectivity index (χ4v) is 7.88. The van der Waals surface area contributed by atoms with E-state index < -0.39 is 0 Å². The molecule has 2 aliphatic carbocycles. The minimum absolute atomic E-state index is 0.721. The van der Waals surface area contributed by atoms with Crippen LogP contribution in [0.25, 0.3) is 32.3 Å². The van der Waals surface area contributed by atoms with Gasteiger partial charge in [0.25, 0.3) is 0 Å². The zero-order valence-electron chi connectivity index (χ0n) is 17.4. The second-order valence-electron chi connectivity index (χ2n) is 9.61. The van der Waals surface area contributed by atoms with Crippen LogP contribution in [-0.2, 0) is 0 Å². The monoisotopic (exact) mass is 522 g/mol. The minimum Gasteiger partial charge on any atom is -0.0537 e. The Balaban J connectivity index is 1.74. The molecule has 0 saturated heterocycles. The van der Waals surface area contributed by atoms with Gasteiger partial charge in [-0.05, 0) is 103 Å². The highest BCUT2D eigenvalue weighted by Gasteiger charge is 2.30. The van der Waals surface area contributed by atoms with Gasteiger partial charge in [-0.15, -0.1) is 0 Å². The van der Waals surface area contributed by atoms with Crippen LogP contribution in [0.3, 0.4) is 0 Å². The van der Waals surface area contributed by atoms with Crippen LogP contribution in [0.1, 0.15) is 87.2 Å². The molecule has 0 unspecified atom stereocenters. The molecule has 4 aromatic rings. The molecule has 2 saturated carbocycles. The van der Waals surface area contributed by atoms with E-state index in [4.69, 9.17) is 0 Å². The zero-order valence-corrected chi connectivity index (χ0v) is 20.6. The Kier molecular flexibility index (Phi) is 5.07. The molecule has 2 heteroatoms. The predicted octanol–water partition coefficient (Wildman–Crippen LogP) is 10.2. The van der Waals surface area contributed by atoms with Crippen LogP contribution in [0, 0.1) is 0 Å². The molecule has 0 bridgehead atoms. The molecule has 2 fully saturated rings. The smallest absolute Gasteiger partial charge is 0.0292 e. The van der Waals surface area contributed by atoms with Crippen LogP contribution < -0.4 is 0 Å². The van der Waals surface area contributed by atoms with Crippen molar-refractivity contribution in [2.24, 2.45) is 0 Å². The van der Waals surface area contributed by atoms with Gasteiger partial charge in [0.05, 0.1) is 0 Å². The molecule has 0 aliphatic heterocycles. The highest BCUT2D eigenvalue weighted by molar-refractivity contribution is 9.11. The topological polar surface area (TPSA) is 0 Å². The summed E-state index contributed by atoms with van der Waals surface area (Å²) in [6.07, 6.45) is 13.8. The maximum Gasteiger partial charge on any atom is 0.0292 e. The molecular weight excluding hydrogens is 496 g/mol. The average molecular weight is 524 g/mol. The average Bonchev–Trinajstić information content (AvgIpc) is 2.80. The lowest BCUT2D eigenvalue weighted by atomic mass is 9.73. The predicted molar refractivity (Wildman–Crippen MR) is 137 cm³/mol. The van der Waals surface area contributed by atoms with Gasteiger partial charge in [0.1, 0.15) is 0 Å². The van der Waals surface area contributed by atoms with Crippen molar-refractivity contribution >= 4 is 64.2 Å². The van der Waals surface area contributed by atoms with E-state index in [0.29, 0.717) is 0 Å². The Hall–Kier alpha value is -1.12. The van der Waals surface area contributed by atoms with Gasteiger partial charge in [0.15, 0.2) is 0 Å². The Morgan fingerprint density at radius 1 is 0.533 bits per heavy atom. The van der Waals surface area contributed by atoms with Gasteiger partial charge in [0.2, 0.25) is 0 Å². The van der Waals surface area contributed by atoms with Crippen LogP contribution in [0.4, 0.5) is 0 Å². The number of halogens is 2. The van der Waals surface area contributed by atoms with Crippen molar-refractivity contribution in [1.82, 2.24) is 0 Å². The van der Waals surface area contributed by atoms with Crippen molar-refractivity contribution < 1.29 is 0 Å². The molecule has 0 spiro atoms. The number of hydrogen-bond donors (Lipinski definition) is 0. The standard InChI is InChI=1S/C28H28Br2/c29-23-16-12-19-11-13-22-27-21(15-14-20(23)24(19)27)25(17-7-3-1-4-8-17)26(28(22)30)18-9-5-2-6-10-18/h11-18H,1-10H2. The number of rotatable bonds is 2. The first-order chi connectivity index (χ1) is 14.7. The molecule has 0 radical (unpaired) electrons. The highest BCUT2D eigenvalue weighted by Crippen LogP contribution is 2.51. The molecule has 0 aromatic heterocycles. The Bertz CT molecular complexity index is 1230. The summed E-state index contributed by atoms with van der Waals surface area (Å²) in [5.74, 6) is 1.44. The van der Waals surface area contributed by atoms with Gasteiger partial charge in [-0.2, -0.15) is 0 Å². The van der Waals surface area contributed by atoms with E-state index in [2.05, 4.69) is 68.3 Å². The van der Waals surface area contributed by atoms with Crippen molar-refractivity contribution in [1.29, 1.82) is 0 Å². The zero-order chi connectivity index (χ0) is 20.2. The molecule has 6 rings (SSSR count). The summed E-state index contributed by atoms with van der Waals surface area (Å²) < 4.78 is 2.60. The fraction of sp³-hybridized carbons (Fsp3) is 0.429. The molecule has 0 nitrogen and oxygen atoms in total. The second kappa shape index (κ2) is 7.78. The number of benzene rings is 4. The molecule has 30 heavy (non-hydrogen) atoms. The minimum atomic E-state index is 0.721. The first kappa shape index (κ1) is 19.6. The normalized spacial score (nSPS) is 19.4. The van der Waals surface area contributed by atoms with E-state index in [9.17, 15) is 0 Å². The lowest BCUT2D eigenvalue weighted by Crippen LogP contribution is -2.14. The second-order valence-corrected chi connectivity index (χ2v) is 11.3. The third-order valence-corrected chi connectivity index (χ3v) is 9.49.